The van der Waals surface area contributed by atoms with Crippen LogP contribution in [-0.2, 0) is 16.3 Å². The van der Waals surface area contributed by atoms with E-state index in [-0.39, 0.29) is 5.56 Å². The SMILES string of the molecule is C=Cc1ccc(S(=O)(=O)O)cc1C(F)(F)F. The van der Waals surface area contributed by atoms with Crippen molar-refractivity contribution < 1.29 is 26.1 Å². The van der Waals surface area contributed by atoms with Gasteiger partial charge in [0.2, 0.25) is 0 Å². The molecule has 0 amide bonds. The molecule has 0 fully saturated rings. The zero-order chi connectivity index (χ0) is 12.6. The highest BCUT2D eigenvalue weighted by molar-refractivity contribution is 7.85. The van der Waals surface area contributed by atoms with Gasteiger partial charge >= 0.3 is 6.18 Å². The van der Waals surface area contributed by atoms with E-state index in [4.69, 9.17) is 4.55 Å². The van der Waals surface area contributed by atoms with Gasteiger partial charge in [-0.15, -0.1) is 0 Å². The maximum atomic E-state index is 12.5. The Balaban J connectivity index is 3.51. The average Bonchev–Trinajstić information content (AvgIpc) is 2.14. The summed E-state index contributed by atoms with van der Waals surface area (Å²) in [6, 6.07) is 2.17. The van der Waals surface area contributed by atoms with E-state index in [9.17, 15) is 21.6 Å². The van der Waals surface area contributed by atoms with Crippen LogP contribution in [0.5, 0.6) is 0 Å². The smallest absolute Gasteiger partial charge is 0.282 e. The Hall–Kier alpha value is -1.34. The van der Waals surface area contributed by atoms with Crippen LogP contribution in [0.15, 0.2) is 29.7 Å². The van der Waals surface area contributed by atoms with Crippen molar-refractivity contribution in [3.05, 3.63) is 35.9 Å². The van der Waals surface area contributed by atoms with Crippen LogP contribution in [0.3, 0.4) is 0 Å². The van der Waals surface area contributed by atoms with Crippen LogP contribution < -0.4 is 0 Å². The van der Waals surface area contributed by atoms with E-state index in [2.05, 4.69) is 6.58 Å². The quantitative estimate of drug-likeness (QED) is 0.823. The summed E-state index contributed by atoms with van der Waals surface area (Å²) < 4.78 is 67.4. The summed E-state index contributed by atoms with van der Waals surface area (Å²) in [5.41, 5.74) is -1.41. The number of alkyl halides is 3. The first-order valence-corrected chi connectivity index (χ1v) is 5.41. The maximum Gasteiger partial charge on any atom is 0.417 e. The molecule has 0 radical (unpaired) electrons. The lowest BCUT2D eigenvalue weighted by Gasteiger charge is -2.11. The second kappa shape index (κ2) is 3.91. The van der Waals surface area contributed by atoms with Crippen LogP contribution in [0.4, 0.5) is 13.2 Å². The normalized spacial score (nSPS) is 12.5. The number of hydrogen-bond donors (Lipinski definition) is 1. The van der Waals surface area contributed by atoms with Gasteiger partial charge in [0.15, 0.2) is 0 Å². The summed E-state index contributed by atoms with van der Waals surface area (Å²) in [5, 5.41) is 0. The molecule has 0 saturated heterocycles. The second-order valence-corrected chi connectivity index (χ2v) is 4.35. The third-order valence-electron chi connectivity index (χ3n) is 1.85. The van der Waals surface area contributed by atoms with Crippen molar-refractivity contribution in [2.24, 2.45) is 0 Å². The molecule has 1 N–H and O–H groups in total. The predicted octanol–water partition coefficient (Wildman–Crippen LogP) is 2.60. The minimum Gasteiger partial charge on any atom is -0.282 e. The third-order valence-corrected chi connectivity index (χ3v) is 2.70. The molecule has 0 aromatic heterocycles. The Bertz CT molecular complexity index is 517. The molecular weight excluding hydrogens is 245 g/mol. The van der Waals surface area contributed by atoms with E-state index in [1.807, 2.05) is 0 Å². The van der Waals surface area contributed by atoms with Crippen LogP contribution in [0, 0.1) is 0 Å². The summed E-state index contributed by atoms with van der Waals surface area (Å²) in [4.78, 5) is -0.801. The Labute approximate surface area is 90.0 Å². The molecule has 0 heterocycles. The average molecular weight is 252 g/mol. The first kappa shape index (κ1) is 12.7. The van der Waals surface area contributed by atoms with Crippen LogP contribution in [0.2, 0.25) is 0 Å². The summed E-state index contributed by atoms with van der Waals surface area (Å²) in [6.07, 6.45) is -3.75. The van der Waals surface area contributed by atoms with Gasteiger partial charge in [0.25, 0.3) is 10.1 Å². The summed E-state index contributed by atoms with van der Waals surface area (Å²) in [6.45, 7) is 3.18. The van der Waals surface area contributed by atoms with Gasteiger partial charge in [0.05, 0.1) is 10.5 Å². The minimum atomic E-state index is -4.70. The first-order valence-electron chi connectivity index (χ1n) is 3.97. The Morgan fingerprint density at radius 1 is 1.31 bits per heavy atom. The van der Waals surface area contributed by atoms with Crippen molar-refractivity contribution in [3.63, 3.8) is 0 Å². The van der Waals surface area contributed by atoms with Crippen molar-refractivity contribution >= 4 is 16.2 Å². The number of hydrogen-bond acceptors (Lipinski definition) is 2. The van der Waals surface area contributed by atoms with Crippen LogP contribution in [0.1, 0.15) is 11.1 Å². The molecule has 16 heavy (non-hydrogen) atoms. The fourth-order valence-corrected chi connectivity index (χ4v) is 1.63. The summed E-state index contributed by atoms with van der Waals surface area (Å²) in [7, 11) is -4.64. The zero-order valence-electron chi connectivity index (χ0n) is 7.82. The summed E-state index contributed by atoms with van der Waals surface area (Å²) >= 11 is 0. The zero-order valence-corrected chi connectivity index (χ0v) is 8.64. The Morgan fingerprint density at radius 2 is 1.88 bits per heavy atom. The van der Waals surface area contributed by atoms with E-state index in [1.165, 1.54) is 0 Å². The molecule has 3 nitrogen and oxygen atoms in total. The molecule has 0 unspecified atom stereocenters. The predicted molar refractivity (Wildman–Crippen MR) is 51.3 cm³/mol. The van der Waals surface area contributed by atoms with Crippen LogP contribution in [-0.4, -0.2) is 13.0 Å². The second-order valence-electron chi connectivity index (χ2n) is 2.93. The number of rotatable bonds is 2. The lowest BCUT2D eigenvalue weighted by Crippen LogP contribution is -2.09. The molecule has 0 spiro atoms. The van der Waals surface area contributed by atoms with Gasteiger partial charge in [-0.1, -0.05) is 18.7 Å². The van der Waals surface area contributed by atoms with E-state index < -0.39 is 26.8 Å². The molecule has 0 aliphatic carbocycles. The van der Waals surface area contributed by atoms with Gasteiger partial charge in [-0.3, -0.25) is 4.55 Å². The molecule has 88 valence electrons. The molecule has 7 heteroatoms. The van der Waals surface area contributed by atoms with Crippen molar-refractivity contribution in [3.8, 4) is 0 Å². The van der Waals surface area contributed by atoms with Crippen molar-refractivity contribution in [2.45, 2.75) is 11.1 Å². The monoisotopic (exact) mass is 252 g/mol. The minimum absolute atomic E-state index is 0.250. The first-order chi connectivity index (χ1) is 7.16. The van der Waals surface area contributed by atoms with Crippen LogP contribution >= 0.6 is 0 Å². The van der Waals surface area contributed by atoms with Gasteiger partial charge in [0, 0.05) is 0 Å². The molecule has 0 saturated carbocycles. The number of halogens is 3. The highest BCUT2D eigenvalue weighted by Gasteiger charge is 2.33. The molecule has 0 aliphatic rings. The maximum absolute atomic E-state index is 12.5. The topological polar surface area (TPSA) is 54.4 Å². The summed E-state index contributed by atoms with van der Waals surface area (Å²) in [5.74, 6) is 0. The Morgan fingerprint density at radius 3 is 2.25 bits per heavy atom. The fourth-order valence-electron chi connectivity index (χ4n) is 1.12. The van der Waals surface area contributed by atoms with E-state index in [0.29, 0.717) is 6.07 Å². The molecule has 1 aromatic carbocycles. The van der Waals surface area contributed by atoms with E-state index in [0.717, 1.165) is 18.2 Å². The van der Waals surface area contributed by atoms with Crippen molar-refractivity contribution in [1.82, 2.24) is 0 Å². The molecular formula is C9H7F3O3S. The highest BCUT2D eigenvalue weighted by atomic mass is 32.2. The fraction of sp³-hybridized carbons (Fsp3) is 0.111. The van der Waals surface area contributed by atoms with Gasteiger partial charge in [-0.25, -0.2) is 0 Å². The van der Waals surface area contributed by atoms with Gasteiger partial charge in [-0.05, 0) is 17.7 Å². The molecule has 1 aromatic rings. The van der Waals surface area contributed by atoms with Crippen LogP contribution in [0.25, 0.3) is 6.08 Å². The third kappa shape index (κ3) is 2.61. The Kier molecular flexibility index (Phi) is 3.11. The largest absolute Gasteiger partial charge is 0.417 e. The highest BCUT2D eigenvalue weighted by Crippen LogP contribution is 2.33. The van der Waals surface area contributed by atoms with Crippen molar-refractivity contribution in [1.29, 1.82) is 0 Å². The molecule has 0 bridgehead atoms. The molecule has 1 rings (SSSR count). The van der Waals surface area contributed by atoms with Gasteiger partial charge in [0.1, 0.15) is 0 Å². The molecule has 0 aliphatic heterocycles. The lowest BCUT2D eigenvalue weighted by atomic mass is 10.1. The number of benzene rings is 1. The van der Waals surface area contributed by atoms with Gasteiger partial charge in [-0.2, -0.15) is 21.6 Å². The van der Waals surface area contributed by atoms with Crippen molar-refractivity contribution in [2.75, 3.05) is 0 Å². The van der Waals surface area contributed by atoms with E-state index >= 15 is 0 Å². The van der Waals surface area contributed by atoms with E-state index in [1.54, 1.807) is 0 Å². The molecule has 0 atom stereocenters. The standard InChI is InChI=1S/C9H7F3O3S/c1-2-6-3-4-7(16(13,14)15)5-8(6)9(10,11)12/h2-5H,1H2,(H,13,14,15). The lowest BCUT2D eigenvalue weighted by molar-refractivity contribution is -0.137. The van der Waals surface area contributed by atoms with Gasteiger partial charge < -0.3 is 0 Å².